The van der Waals surface area contributed by atoms with E-state index in [4.69, 9.17) is 12.0 Å². The van der Waals surface area contributed by atoms with Gasteiger partial charge in [-0.1, -0.05) is 43.3 Å². The van der Waals surface area contributed by atoms with E-state index in [-0.39, 0.29) is 6.42 Å². The van der Waals surface area contributed by atoms with Gasteiger partial charge in [0.15, 0.2) is 0 Å². The highest BCUT2D eigenvalue weighted by Gasteiger charge is 1.90. The van der Waals surface area contributed by atoms with Gasteiger partial charge in [-0.25, -0.2) is 0 Å². The van der Waals surface area contributed by atoms with Crippen LogP contribution in [0.15, 0.2) is 36.5 Å². The molecule has 1 N–H and O–H groups in total. The van der Waals surface area contributed by atoms with Crippen molar-refractivity contribution in [3.63, 3.8) is 0 Å². The summed E-state index contributed by atoms with van der Waals surface area (Å²) in [7, 11) is 0. The van der Waals surface area contributed by atoms with Crippen LogP contribution in [0, 0.1) is 0 Å². The minimum Gasteiger partial charge on any atom is -0.481 e. The van der Waals surface area contributed by atoms with Gasteiger partial charge in [-0.3, -0.25) is 4.79 Å². The van der Waals surface area contributed by atoms with Crippen molar-refractivity contribution >= 4 is 5.97 Å². The molecule has 15 heavy (non-hydrogen) atoms. The fourth-order valence-electron chi connectivity index (χ4n) is 0.897. The van der Waals surface area contributed by atoms with Crippen LogP contribution in [0.4, 0.5) is 0 Å². The van der Waals surface area contributed by atoms with E-state index in [0.29, 0.717) is 19.3 Å². The lowest BCUT2D eigenvalue weighted by Crippen LogP contribution is -1.91. The van der Waals surface area contributed by atoms with Gasteiger partial charge in [0, 0.05) is 13.3 Å². The zero-order chi connectivity index (χ0) is 15.6. The van der Waals surface area contributed by atoms with Crippen molar-refractivity contribution in [2.75, 3.05) is 0 Å². The highest BCUT2D eigenvalue weighted by molar-refractivity contribution is 5.66. The molecule has 0 aliphatic heterocycles. The molecule has 0 radical (unpaired) electrons. The van der Waals surface area contributed by atoms with Crippen LogP contribution in [0.2, 0.25) is 0 Å². The summed E-state index contributed by atoms with van der Waals surface area (Å²) >= 11 is 0. The molecule has 0 saturated carbocycles. The topological polar surface area (TPSA) is 37.3 Å². The van der Waals surface area contributed by atoms with E-state index >= 15 is 0 Å². The van der Waals surface area contributed by atoms with Crippen molar-refractivity contribution < 1.29 is 16.8 Å². The monoisotopic (exact) mass is 213 g/mol. The summed E-state index contributed by atoms with van der Waals surface area (Å²) in [6.07, 6.45) is 9.28. The van der Waals surface area contributed by atoms with Crippen molar-refractivity contribution in [2.24, 2.45) is 0 Å². The van der Waals surface area contributed by atoms with E-state index in [1.165, 1.54) is 6.08 Å². The molecule has 0 bridgehead atoms. The number of carboxylic acids is 1. The van der Waals surface area contributed by atoms with Crippen molar-refractivity contribution in [2.45, 2.75) is 38.9 Å². The number of rotatable bonds is 8. The van der Waals surface area contributed by atoms with Gasteiger partial charge in [0.2, 0.25) is 0 Å². The van der Waals surface area contributed by atoms with Gasteiger partial charge in [-0.05, 0) is 25.6 Å². The van der Waals surface area contributed by atoms with Gasteiger partial charge in [-0.2, -0.15) is 0 Å². The first-order chi connectivity index (χ1) is 9.17. The standard InChI is InChI=1S/C13H20O2/c1-2-3-4-5-6-7-8-9-10-11-12-13(14)15/h3-4,6-7,9-10H,2,5,8,11-12H2,1H3,(H,14,15)/b4-3-,7-6-,10-9-/i1D3,2D2. The smallest absolute Gasteiger partial charge is 0.303 e. The Balaban J connectivity index is 3.90. The van der Waals surface area contributed by atoms with Crippen LogP contribution in [0.1, 0.15) is 45.8 Å². The fourth-order valence-corrected chi connectivity index (χ4v) is 0.897. The first kappa shape index (κ1) is 7.04. The number of hydrogen-bond acceptors (Lipinski definition) is 1. The van der Waals surface area contributed by atoms with Crippen LogP contribution < -0.4 is 0 Å². The van der Waals surface area contributed by atoms with E-state index in [1.807, 2.05) is 12.2 Å². The maximum atomic E-state index is 10.2. The molecule has 0 amide bonds. The lowest BCUT2D eigenvalue weighted by atomic mass is 10.2. The summed E-state index contributed by atoms with van der Waals surface area (Å²) in [5, 5.41) is 8.41. The normalized spacial score (nSPS) is 18.8. The van der Waals surface area contributed by atoms with Crippen LogP contribution in [-0.2, 0) is 4.79 Å². The summed E-state index contributed by atoms with van der Waals surface area (Å²) in [5.41, 5.74) is 0. The first-order valence-electron chi connectivity index (χ1n) is 7.36. The largest absolute Gasteiger partial charge is 0.481 e. The molecule has 0 saturated heterocycles. The zero-order valence-corrected chi connectivity index (χ0v) is 8.65. The highest BCUT2D eigenvalue weighted by Crippen LogP contribution is 1.95. The maximum absolute atomic E-state index is 10.2. The number of allylic oxidation sites excluding steroid dienone is 6. The molecule has 0 aromatic carbocycles. The van der Waals surface area contributed by atoms with Crippen LogP contribution in [-0.4, -0.2) is 11.1 Å². The zero-order valence-electron chi connectivity index (χ0n) is 13.6. The minimum absolute atomic E-state index is 0.118. The molecule has 0 rings (SSSR count). The predicted octanol–water partition coefficient (Wildman–Crippen LogP) is 3.71. The Morgan fingerprint density at radius 3 is 2.40 bits per heavy atom. The molecule has 0 aromatic rings. The molecule has 0 atom stereocenters. The Kier molecular flexibility index (Phi) is 5.06. The molecule has 0 spiro atoms. The number of hydrogen-bond donors (Lipinski definition) is 1. The van der Waals surface area contributed by atoms with Gasteiger partial charge < -0.3 is 5.11 Å². The third-order valence-electron chi connectivity index (χ3n) is 1.60. The van der Waals surface area contributed by atoms with E-state index in [9.17, 15) is 4.79 Å². The molecule has 0 fully saturated rings. The van der Waals surface area contributed by atoms with Crippen molar-refractivity contribution in [3.05, 3.63) is 36.5 Å². The summed E-state index contributed by atoms with van der Waals surface area (Å²) in [5.74, 6) is -0.821. The summed E-state index contributed by atoms with van der Waals surface area (Å²) < 4.78 is 35.7. The van der Waals surface area contributed by atoms with Crippen molar-refractivity contribution in [1.29, 1.82) is 0 Å². The van der Waals surface area contributed by atoms with Crippen LogP contribution in [0.5, 0.6) is 0 Å². The maximum Gasteiger partial charge on any atom is 0.303 e. The Morgan fingerprint density at radius 1 is 1.20 bits per heavy atom. The number of carbonyl (C=O) groups is 1. The Morgan fingerprint density at radius 2 is 1.80 bits per heavy atom. The van der Waals surface area contributed by atoms with Crippen LogP contribution >= 0.6 is 0 Å². The van der Waals surface area contributed by atoms with E-state index in [0.717, 1.165) is 6.08 Å². The second kappa shape index (κ2) is 10.8. The molecule has 0 heterocycles. The number of carboxylic acid groups (broad SMARTS) is 1. The second-order valence-electron chi connectivity index (χ2n) is 2.89. The summed E-state index contributed by atoms with van der Waals surface area (Å²) in [4.78, 5) is 10.2. The van der Waals surface area contributed by atoms with Crippen molar-refractivity contribution in [3.8, 4) is 0 Å². The van der Waals surface area contributed by atoms with Crippen molar-refractivity contribution in [1.82, 2.24) is 0 Å². The van der Waals surface area contributed by atoms with Crippen LogP contribution in [0.3, 0.4) is 0 Å². The van der Waals surface area contributed by atoms with Gasteiger partial charge in [0.05, 0.1) is 0 Å². The molecule has 0 unspecified atom stereocenters. The second-order valence-corrected chi connectivity index (χ2v) is 2.89. The Hall–Kier alpha value is -1.31. The average Bonchev–Trinajstić information content (AvgIpc) is 2.29. The van der Waals surface area contributed by atoms with E-state index in [1.54, 1.807) is 12.2 Å². The lowest BCUT2D eigenvalue weighted by molar-refractivity contribution is -0.136. The minimum atomic E-state index is -2.65. The Bertz CT molecular complexity index is 381. The third kappa shape index (κ3) is 12.7. The lowest BCUT2D eigenvalue weighted by Gasteiger charge is -1.86. The summed E-state index contributed by atoms with van der Waals surface area (Å²) in [6, 6.07) is 0. The van der Waals surface area contributed by atoms with Gasteiger partial charge in [-0.15, -0.1) is 0 Å². The van der Waals surface area contributed by atoms with E-state index < -0.39 is 19.2 Å². The third-order valence-corrected chi connectivity index (χ3v) is 1.60. The SMILES string of the molecule is [2H]C([2H])([2H])C([2H])([2H])/C=C\C/C=C\C/C=C\CCC(=O)O. The average molecular weight is 213 g/mol. The van der Waals surface area contributed by atoms with Gasteiger partial charge in [0.25, 0.3) is 0 Å². The molecule has 84 valence electrons. The molecule has 2 nitrogen and oxygen atoms in total. The number of aliphatic carboxylic acids is 1. The molecular weight excluding hydrogens is 188 g/mol. The molecule has 0 aliphatic rings. The quantitative estimate of drug-likeness (QED) is 0.624. The Labute approximate surface area is 99.0 Å². The van der Waals surface area contributed by atoms with Gasteiger partial charge >= 0.3 is 5.97 Å². The predicted molar refractivity (Wildman–Crippen MR) is 63.8 cm³/mol. The fraction of sp³-hybridized carbons (Fsp3) is 0.462. The molecular formula is C13H20O2. The van der Waals surface area contributed by atoms with E-state index in [2.05, 4.69) is 0 Å². The molecule has 0 aliphatic carbocycles. The van der Waals surface area contributed by atoms with Gasteiger partial charge in [0.1, 0.15) is 0 Å². The summed E-state index contributed by atoms with van der Waals surface area (Å²) in [6.45, 7) is -2.65. The first-order valence-corrected chi connectivity index (χ1v) is 4.86. The molecule has 0 aromatic heterocycles. The molecule has 2 heteroatoms. The highest BCUT2D eigenvalue weighted by atomic mass is 16.4. The van der Waals surface area contributed by atoms with Crippen LogP contribution in [0.25, 0.3) is 0 Å².